The Bertz CT molecular complexity index is 1410. The number of methoxy groups -OCH3 is 1. The minimum atomic E-state index is -0.637. The van der Waals surface area contributed by atoms with Crippen LogP contribution in [0.5, 0.6) is 17.2 Å². The van der Waals surface area contributed by atoms with Gasteiger partial charge in [0, 0.05) is 6.42 Å². The monoisotopic (exact) mass is 583 g/mol. The van der Waals surface area contributed by atoms with Crippen molar-refractivity contribution < 1.29 is 28.5 Å². The van der Waals surface area contributed by atoms with Crippen LogP contribution in [0.2, 0.25) is 10.0 Å². The molecule has 0 saturated heterocycles. The van der Waals surface area contributed by atoms with Crippen LogP contribution in [0, 0.1) is 5.41 Å². The van der Waals surface area contributed by atoms with E-state index in [2.05, 4.69) is 5.32 Å². The lowest BCUT2D eigenvalue weighted by atomic mass is 9.92. The number of fused-ring (bicyclic) bond motifs is 1. The van der Waals surface area contributed by atoms with Gasteiger partial charge >= 0.3 is 5.97 Å². The zero-order valence-corrected chi connectivity index (χ0v) is 24.3. The van der Waals surface area contributed by atoms with Crippen LogP contribution in [-0.2, 0) is 20.9 Å². The number of carbonyl (C=O) groups is 2. The lowest BCUT2D eigenvalue weighted by Gasteiger charge is -2.27. The molecule has 1 atom stereocenters. The highest BCUT2D eigenvalue weighted by molar-refractivity contribution is 6.42. The van der Waals surface area contributed by atoms with Gasteiger partial charge in [-0.15, -0.1) is 0 Å². The van der Waals surface area contributed by atoms with Crippen LogP contribution in [-0.4, -0.2) is 25.6 Å². The van der Waals surface area contributed by atoms with E-state index in [9.17, 15) is 9.59 Å². The van der Waals surface area contributed by atoms with E-state index in [0.29, 0.717) is 46.1 Å². The first-order valence-electron chi connectivity index (χ1n) is 12.7. The molecular weight excluding hydrogens is 553 g/mol. The molecule has 1 aliphatic rings. The SMILES string of the molecule is COC(=O)C(=Cc1ccc2c(c1)OC[C@@H](c1ccc(OCc3ccc(Cl)c(Cl)c3)cc1)O2)NC(=O)CC(C)(C)C. The third-order valence-corrected chi connectivity index (χ3v) is 6.69. The smallest absolute Gasteiger partial charge is 0.354 e. The molecular formula is C31H31Cl2NO6. The highest BCUT2D eigenvalue weighted by Gasteiger charge is 2.24. The Morgan fingerprint density at radius 3 is 2.42 bits per heavy atom. The maximum Gasteiger partial charge on any atom is 0.354 e. The molecule has 3 aromatic rings. The van der Waals surface area contributed by atoms with E-state index in [1.807, 2.05) is 51.1 Å². The summed E-state index contributed by atoms with van der Waals surface area (Å²) in [6, 6.07) is 18.3. The van der Waals surface area contributed by atoms with Crippen molar-refractivity contribution in [1.82, 2.24) is 5.32 Å². The summed E-state index contributed by atoms with van der Waals surface area (Å²) in [5.41, 5.74) is 2.33. The average Bonchev–Trinajstić information content (AvgIpc) is 2.92. The molecule has 1 N–H and O–H groups in total. The lowest BCUT2D eigenvalue weighted by Crippen LogP contribution is -2.30. The van der Waals surface area contributed by atoms with Gasteiger partial charge in [-0.1, -0.05) is 68.2 Å². The van der Waals surface area contributed by atoms with Crippen molar-refractivity contribution in [1.29, 1.82) is 0 Å². The van der Waals surface area contributed by atoms with Gasteiger partial charge in [0.2, 0.25) is 5.91 Å². The van der Waals surface area contributed by atoms with Crippen LogP contribution in [0.25, 0.3) is 6.08 Å². The van der Waals surface area contributed by atoms with Crippen molar-refractivity contribution in [2.75, 3.05) is 13.7 Å². The highest BCUT2D eigenvalue weighted by atomic mass is 35.5. The van der Waals surface area contributed by atoms with E-state index < -0.39 is 5.97 Å². The maximum atomic E-state index is 12.4. The topological polar surface area (TPSA) is 83.1 Å². The Morgan fingerprint density at radius 2 is 1.75 bits per heavy atom. The van der Waals surface area contributed by atoms with E-state index in [0.717, 1.165) is 11.1 Å². The number of nitrogens with one attached hydrogen (secondary N) is 1. The fourth-order valence-electron chi connectivity index (χ4n) is 4.02. The number of ether oxygens (including phenoxy) is 4. The van der Waals surface area contributed by atoms with Gasteiger partial charge in [-0.05, 0) is 64.6 Å². The lowest BCUT2D eigenvalue weighted by molar-refractivity contribution is -0.137. The average molecular weight is 584 g/mol. The fourth-order valence-corrected chi connectivity index (χ4v) is 4.34. The Labute approximate surface area is 244 Å². The van der Waals surface area contributed by atoms with Crippen LogP contribution in [0.15, 0.2) is 66.4 Å². The molecule has 3 aromatic carbocycles. The molecule has 1 amide bonds. The molecule has 7 nitrogen and oxygen atoms in total. The maximum absolute atomic E-state index is 12.4. The van der Waals surface area contributed by atoms with Gasteiger partial charge in [0.05, 0.1) is 17.2 Å². The van der Waals surface area contributed by atoms with Gasteiger partial charge in [0.25, 0.3) is 0 Å². The summed E-state index contributed by atoms with van der Waals surface area (Å²) >= 11 is 12.0. The molecule has 0 spiro atoms. The number of hydrogen-bond donors (Lipinski definition) is 1. The van der Waals surface area contributed by atoms with E-state index >= 15 is 0 Å². The fraction of sp³-hybridized carbons (Fsp3) is 0.290. The molecule has 0 unspecified atom stereocenters. The number of esters is 1. The Morgan fingerprint density at radius 1 is 1.00 bits per heavy atom. The van der Waals surface area contributed by atoms with Crippen LogP contribution in [0.1, 0.15) is 50.0 Å². The summed E-state index contributed by atoms with van der Waals surface area (Å²) in [5, 5.41) is 3.66. The van der Waals surface area contributed by atoms with Crippen molar-refractivity contribution in [3.63, 3.8) is 0 Å². The van der Waals surface area contributed by atoms with Gasteiger partial charge < -0.3 is 24.3 Å². The van der Waals surface area contributed by atoms with Crippen molar-refractivity contribution >= 4 is 41.2 Å². The Balaban J connectivity index is 1.40. The van der Waals surface area contributed by atoms with E-state index in [-0.39, 0.29) is 29.5 Å². The summed E-state index contributed by atoms with van der Waals surface area (Å²) in [5.74, 6) is 0.915. The minimum Gasteiger partial charge on any atom is -0.489 e. The van der Waals surface area contributed by atoms with E-state index in [4.69, 9.17) is 42.1 Å². The normalized spacial score (nSPS) is 14.8. The third kappa shape index (κ3) is 7.93. The quantitative estimate of drug-likeness (QED) is 0.224. The summed E-state index contributed by atoms with van der Waals surface area (Å²) < 4.78 is 22.9. The van der Waals surface area contributed by atoms with Crippen LogP contribution >= 0.6 is 23.2 Å². The van der Waals surface area contributed by atoms with E-state index in [1.54, 1.807) is 36.4 Å². The second-order valence-corrected chi connectivity index (χ2v) is 11.4. The van der Waals surface area contributed by atoms with Gasteiger partial charge in [0.15, 0.2) is 17.6 Å². The molecule has 40 heavy (non-hydrogen) atoms. The largest absolute Gasteiger partial charge is 0.489 e. The Hall–Kier alpha value is -3.68. The number of hydrogen-bond acceptors (Lipinski definition) is 6. The minimum absolute atomic E-state index is 0.0489. The first kappa shape index (κ1) is 29.3. The molecule has 0 aliphatic carbocycles. The Kier molecular flexibility index (Phi) is 9.28. The number of benzene rings is 3. The summed E-state index contributed by atoms with van der Waals surface area (Å²) in [6.07, 6.45) is 1.51. The van der Waals surface area contributed by atoms with Gasteiger partial charge in [0.1, 0.15) is 24.7 Å². The third-order valence-electron chi connectivity index (χ3n) is 5.95. The highest BCUT2D eigenvalue weighted by Crippen LogP contribution is 2.37. The molecule has 4 rings (SSSR count). The van der Waals surface area contributed by atoms with Crippen LogP contribution in [0.3, 0.4) is 0 Å². The predicted octanol–water partition coefficient (Wildman–Crippen LogP) is 7.15. The zero-order chi connectivity index (χ0) is 28.9. The molecule has 0 fully saturated rings. The van der Waals surface area contributed by atoms with Crippen molar-refractivity contribution in [3.05, 3.63) is 93.1 Å². The molecule has 0 bridgehead atoms. The first-order chi connectivity index (χ1) is 19.0. The number of carbonyl (C=O) groups excluding carboxylic acids is 2. The molecule has 210 valence electrons. The van der Waals surface area contributed by atoms with Gasteiger partial charge in [-0.3, -0.25) is 4.79 Å². The standard InChI is InChI=1S/C31H31Cl2NO6/c1-31(2,3)16-29(35)34-25(30(36)37-4)14-19-6-12-26-27(15-19)39-18-28(40-26)21-7-9-22(10-8-21)38-17-20-5-11-23(32)24(33)13-20/h5-15,28H,16-18H2,1-4H3,(H,34,35)/t28-/m0/s1. The van der Waals surface area contributed by atoms with Crippen LogP contribution < -0.4 is 19.5 Å². The first-order valence-corrected chi connectivity index (χ1v) is 13.5. The second kappa shape index (κ2) is 12.7. The van der Waals surface area contributed by atoms with Crippen molar-refractivity contribution in [2.45, 2.75) is 39.9 Å². The predicted molar refractivity (Wildman–Crippen MR) is 155 cm³/mol. The van der Waals surface area contributed by atoms with Crippen LogP contribution in [0.4, 0.5) is 0 Å². The molecule has 1 aliphatic heterocycles. The van der Waals surface area contributed by atoms with E-state index in [1.165, 1.54) is 7.11 Å². The van der Waals surface area contributed by atoms with Crippen molar-refractivity contribution in [3.8, 4) is 17.2 Å². The van der Waals surface area contributed by atoms with Gasteiger partial charge in [-0.25, -0.2) is 4.79 Å². The number of rotatable bonds is 8. The summed E-state index contributed by atoms with van der Waals surface area (Å²) in [7, 11) is 1.27. The second-order valence-electron chi connectivity index (χ2n) is 10.6. The molecule has 0 radical (unpaired) electrons. The number of halogens is 2. The number of amides is 1. The zero-order valence-electron chi connectivity index (χ0n) is 22.8. The van der Waals surface area contributed by atoms with Crippen molar-refractivity contribution in [2.24, 2.45) is 5.41 Å². The summed E-state index contributed by atoms with van der Waals surface area (Å²) in [6.45, 7) is 6.51. The molecule has 9 heteroatoms. The summed E-state index contributed by atoms with van der Waals surface area (Å²) in [4.78, 5) is 24.7. The molecule has 1 heterocycles. The van der Waals surface area contributed by atoms with Gasteiger partial charge in [-0.2, -0.15) is 0 Å². The molecule has 0 saturated carbocycles. The molecule has 0 aromatic heterocycles.